The fourth-order valence-electron chi connectivity index (χ4n) is 9.75. The van der Waals surface area contributed by atoms with Crippen LogP contribution in [0.3, 0.4) is 0 Å². The average Bonchev–Trinajstić information content (AvgIpc) is 4.16. The van der Waals surface area contributed by atoms with E-state index in [1.807, 2.05) is 33.3 Å². The number of benzene rings is 2. The molecule has 4 heterocycles. The number of aliphatic hydroxyl groups excluding tert-OH is 2. The molecular formula is C46H48Cl2F2N4O2. The van der Waals surface area contributed by atoms with Crippen molar-refractivity contribution >= 4 is 34.2 Å². The number of rotatable bonds is 8. The smallest absolute Gasteiger partial charge is 0.141 e. The minimum atomic E-state index is -0.464. The molecule has 0 aliphatic heterocycles. The first-order valence-electron chi connectivity index (χ1n) is 20.4. The van der Waals surface area contributed by atoms with E-state index in [4.69, 9.17) is 23.2 Å². The maximum Gasteiger partial charge on any atom is 0.141 e. The summed E-state index contributed by atoms with van der Waals surface area (Å²) in [5.74, 6) is 1.69. The van der Waals surface area contributed by atoms with Gasteiger partial charge in [-0.05, 0) is 171 Å². The van der Waals surface area contributed by atoms with Gasteiger partial charge in [-0.1, -0.05) is 35.3 Å². The molecule has 0 radical (unpaired) electrons. The maximum atomic E-state index is 13.5. The third-order valence-corrected chi connectivity index (χ3v) is 13.8. The Morgan fingerprint density at radius 1 is 0.536 bits per heavy atom. The molecule has 0 bridgehead atoms. The number of fused-ring (bicyclic) bond motifs is 2. The van der Waals surface area contributed by atoms with Gasteiger partial charge in [-0.3, -0.25) is 0 Å². The second-order valence-corrected chi connectivity index (χ2v) is 17.6. The van der Waals surface area contributed by atoms with Gasteiger partial charge in [-0.15, -0.1) is 0 Å². The Hall–Kier alpha value is -3.82. The summed E-state index contributed by atoms with van der Waals surface area (Å²) in [6.45, 7) is 0. The van der Waals surface area contributed by atoms with Crippen molar-refractivity contribution in [3.63, 3.8) is 0 Å². The summed E-state index contributed by atoms with van der Waals surface area (Å²) in [6, 6.07) is 14.5. The van der Waals surface area contributed by atoms with Gasteiger partial charge in [-0.2, -0.15) is 0 Å². The van der Waals surface area contributed by atoms with Crippen molar-refractivity contribution < 1.29 is 19.0 Å². The number of hydrogen-bond acceptors (Lipinski definition) is 4. The standard InChI is InChI=1S/2C23H24ClFN2O/c2*24-19-11-17(7-8-20(19)25)14-1-5-16(6-2-14)23(28)22-18(15-3-4-15)9-10-27-13-26-12-21(22)27/h2*7-16,23,28H,1-6H2/t2*14?,16?,23-/m10/s1. The zero-order chi connectivity index (χ0) is 38.5. The van der Waals surface area contributed by atoms with Crippen LogP contribution in [0, 0.1) is 23.5 Å². The van der Waals surface area contributed by atoms with E-state index in [-0.39, 0.29) is 33.5 Å². The number of halogens is 4. The molecule has 6 aromatic rings. The van der Waals surface area contributed by atoms with Crippen molar-refractivity contribution in [3.05, 3.63) is 141 Å². The van der Waals surface area contributed by atoms with Crippen LogP contribution in [0.15, 0.2) is 86.0 Å². The number of pyridine rings is 2. The third-order valence-electron chi connectivity index (χ3n) is 13.2. The Bertz CT molecular complexity index is 2170. The molecule has 0 spiro atoms. The van der Waals surface area contributed by atoms with Crippen LogP contribution in [0.5, 0.6) is 0 Å². The van der Waals surface area contributed by atoms with Crippen molar-refractivity contribution in [2.24, 2.45) is 11.8 Å². The fourth-order valence-corrected chi connectivity index (χ4v) is 10.1. The highest BCUT2D eigenvalue weighted by molar-refractivity contribution is 6.31. The Labute approximate surface area is 336 Å². The summed E-state index contributed by atoms with van der Waals surface area (Å²) >= 11 is 11.9. The van der Waals surface area contributed by atoms with Gasteiger partial charge in [0.15, 0.2) is 0 Å². The fraction of sp³-hybridized carbons (Fsp3) is 0.435. The maximum absolute atomic E-state index is 13.5. The van der Waals surface area contributed by atoms with Crippen LogP contribution in [-0.2, 0) is 0 Å². The minimum absolute atomic E-state index is 0.196. The normalized spacial score (nSPS) is 23.8. The number of aliphatic hydroxyl groups is 2. The van der Waals surface area contributed by atoms with Crippen molar-refractivity contribution in [2.45, 2.75) is 113 Å². The van der Waals surface area contributed by atoms with Crippen LogP contribution in [-0.4, -0.2) is 29.0 Å². The SMILES string of the molecule is O[C@@H](c1c(C2CC2)ccn2cncc12)C1CCC(c2ccc(F)c(Cl)c2)CC1.O[C@H](c1c(C2CC2)ccn2cncc12)C1CCC(c2ccc(F)c(Cl)c2)CC1. The van der Waals surface area contributed by atoms with Gasteiger partial charge in [0.1, 0.15) is 11.6 Å². The molecule has 292 valence electrons. The van der Waals surface area contributed by atoms with Crippen LogP contribution in [0.4, 0.5) is 8.78 Å². The molecule has 2 aromatic carbocycles. The van der Waals surface area contributed by atoms with Gasteiger partial charge < -0.3 is 19.0 Å². The zero-order valence-corrected chi connectivity index (χ0v) is 32.9. The molecule has 4 saturated carbocycles. The topological polar surface area (TPSA) is 75.1 Å². The first-order valence-corrected chi connectivity index (χ1v) is 21.1. The van der Waals surface area contributed by atoms with Gasteiger partial charge in [0, 0.05) is 23.5 Å². The molecule has 0 saturated heterocycles. The van der Waals surface area contributed by atoms with Gasteiger partial charge in [0.25, 0.3) is 0 Å². The summed E-state index contributed by atoms with van der Waals surface area (Å²) in [5.41, 5.74) is 9.04. The molecule has 56 heavy (non-hydrogen) atoms. The summed E-state index contributed by atoms with van der Waals surface area (Å²) in [6.07, 6.45) is 23.2. The lowest BCUT2D eigenvalue weighted by Gasteiger charge is -2.33. The van der Waals surface area contributed by atoms with Gasteiger partial charge >= 0.3 is 0 Å². The Morgan fingerprint density at radius 3 is 1.27 bits per heavy atom. The van der Waals surface area contributed by atoms with E-state index in [2.05, 4.69) is 34.5 Å². The number of hydrogen-bond donors (Lipinski definition) is 2. The minimum Gasteiger partial charge on any atom is -0.388 e. The number of imidazole rings is 2. The predicted molar refractivity (Wildman–Crippen MR) is 216 cm³/mol. The van der Waals surface area contributed by atoms with E-state index in [0.717, 1.165) is 84.7 Å². The van der Waals surface area contributed by atoms with E-state index >= 15 is 0 Å². The molecule has 2 atom stereocenters. The first-order chi connectivity index (χ1) is 27.2. The van der Waals surface area contributed by atoms with Gasteiger partial charge in [0.05, 0.1) is 58.3 Å². The lowest BCUT2D eigenvalue weighted by atomic mass is 9.75. The lowest BCUT2D eigenvalue weighted by molar-refractivity contribution is 0.0808. The molecule has 4 fully saturated rings. The van der Waals surface area contributed by atoms with Crippen LogP contribution >= 0.6 is 23.2 Å². The molecule has 0 amide bonds. The highest BCUT2D eigenvalue weighted by Crippen LogP contribution is 2.50. The summed E-state index contributed by atoms with van der Waals surface area (Å²) in [5, 5.41) is 23.1. The summed E-state index contributed by atoms with van der Waals surface area (Å²) < 4.78 is 30.9. The van der Waals surface area contributed by atoms with E-state index < -0.39 is 12.2 Å². The van der Waals surface area contributed by atoms with Crippen LogP contribution in [0.25, 0.3) is 11.0 Å². The quantitative estimate of drug-likeness (QED) is 0.161. The number of aromatic nitrogens is 4. The molecule has 4 aliphatic rings. The average molecular weight is 798 g/mol. The lowest BCUT2D eigenvalue weighted by Crippen LogP contribution is -2.21. The Balaban J connectivity index is 0.000000146. The Kier molecular flexibility index (Phi) is 10.7. The van der Waals surface area contributed by atoms with Crippen molar-refractivity contribution in [1.29, 1.82) is 0 Å². The molecule has 10 rings (SSSR count). The highest BCUT2D eigenvalue weighted by Gasteiger charge is 2.36. The Morgan fingerprint density at radius 2 is 0.911 bits per heavy atom. The molecule has 6 nitrogen and oxygen atoms in total. The van der Waals surface area contributed by atoms with Crippen LogP contribution in [0.2, 0.25) is 10.0 Å². The highest BCUT2D eigenvalue weighted by atomic mass is 35.5. The van der Waals surface area contributed by atoms with Crippen molar-refractivity contribution in [1.82, 2.24) is 18.8 Å². The summed E-state index contributed by atoms with van der Waals surface area (Å²) in [7, 11) is 0. The van der Waals surface area contributed by atoms with Crippen molar-refractivity contribution in [3.8, 4) is 0 Å². The molecule has 10 heteroatoms. The second kappa shape index (κ2) is 15.8. The van der Waals surface area contributed by atoms with Gasteiger partial charge in [-0.25, -0.2) is 18.7 Å². The van der Waals surface area contributed by atoms with Gasteiger partial charge in [0.2, 0.25) is 0 Å². The largest absolute Gasteiger partial charge is 0.388 e. The molecule has 4 aliphatic carbocycles. The van der Waals surface area contributed by atoms with Crippen molar-refractivity contribution in [2.75, 3.05) is 0 Å². The van der Waals surface area contributed by atoms with E-state index in [9.17, 15) is 19.0 Å². The molecule has 2 N–H and O–H groups in total. The third kappa shape index (κ3) is 7.62. The predicted octanol–water partition coefficient (Wildman–Crippen LogP) is 12.0. The molecule has 0 unspecified atom stereocenters. The molecular weight excluding hydrogens is 749 g/mol. The second-order valence-electron chi connectivity index (χ2n) is 16.8. The number of nitrogens with zero attached hydrogens (tertiary/aromatic N) is 4. The van der Waals surface area contributed by atoms with E-state index in [1.165, 1.54) is 48.9 Å². The van der Waals surface area contributed by atoms with Crippen LogP contribution < -0.4 is 0 Å². The first kappa shape index (κ1) is 37.7. The monoisotopic (exact) mass is 796 g/mol. The van der Waals surface area contributed by atoms with Crippen LogP contribution in [0.1, 0.15) is 146 Å². The van der Waals surface area contributed by atoms with E-state index in [0.29, 0.717) is 23.7 Å². The summed E-state index contributed by atoms with van der Waals surface area (Å²) in [4.78, 5) is 8.57. The zero-order valence-electron chi connectivity index (χ0n) is 31.4. The van der Waals surface area contributed by atoms with E-state index in [1.54, 1.807) is 24.8 Å². The molecule has 4 aromatic heterocycles.